The van der Waals surface area contributed by atoms with Gasteiger partial charge in [0.05, 0.1) is 19.3 Å². The summed E-state index contributed by atoms with van der Waals surface area (Å²) in [5.41, 5.74) is 1.85. The molecule has 0 atom stereocenters. The van der Waals surface area contributed by atoms with Crippen molar-refractivity contribution in [3.63, 3.8) is 0 Å². The number of methoxy groups -OCH3 is 1. The molecule has 0 aliphatic carbocycles. The lowest BCUT2D eigenvalue weighted by Gasteiger charge is -2.31. The maximum absolute atomic E-state index is 12.2. The molecule has 2 rings (SSSR count). The lowest BCUT2D eigenvalue weighted by molar-refractivity contribution is -0.117. The number of nitrogens with one attached hydrogen (secondary N) is 2. The third kappa shape index (κ3) is 6.01. The van der Waals surface area contributed by atoms with Crippen molar-refractivity contribution in [2.45, 2.75) is 19.8 Å². The molecule has 1 aromatic carbocycles. The Balaban J connectivity index is 0.00000264. The van der Waals surface area contributed by atoms with Crippen molar-refractivity contribution >= 4 is 24.0 Å². The van der Waals surface area contributed by atoms with Crippen molar-refractivity contribution in [3.05, 3.63) is 23.8 Å². The van der Waals surface area contributed by atoms with Gasteiger partial charge in [-0.15, -0.1) is 12.4 Å². The van der Waals surface area contributed by atoms with Crippen LogP contribution in [0.2, 0.25) is 0 Å². The van der Waals surface area contributed by atoms with Crippen LogP contribution < -0.4 is 15.4 Å². The van der Waals surface area contributed by atoms with Gasteiger partial charge in [0.25, 0.3) is 0 Å². The number of carbonyl (C=O) groups is 1. The summed E-state index contributed by atoms with van der Waals surface area (Å²) in [5, 5.41) is 6.20. The van der Waals surface area contributed by atoms with Crippen LogP contribution in [0, 0.1) is 12.8 Å². The Bertz CT molecular complexity index is 503. The highest BCUT2D eigenvalue weighted by Crippen LogP contribution is 2.25. The van der Waals surface area contributed by atoms with Crippen LogP contribution in [0.3, 0.4) is 0 Å². The van der Waals surface area contributed by atoms with Crippen LogP contribution in [0.15, 0.2) is 18.2 Å². The fourth-order valence-electron chi connectivity index (χ4n) is 2.95. The number of hydrogen-bond donors (Lipinski definition) is 2. The molecule has 5 nitrogen and oxygen atoms in total. The monoisotopic (exact) mass is 341 g/mol. The molecule has 130 valence electrons. The van der Waals surface area contributed by atoms with Crippen molar-refractivity contribution in [3.8, 4) is 5.75 Å². The summed E-state index contributed by atoms with van der Waals surface area (Å²) in [5.74, 6) is 1.46. The number of benzene rings is 1. The van der Waals surface area contributed by atoms with Gasteiger partial charge >= 0.3 is 0 Å². The molecule has 1 amide bonds. The molecule has 1 aliphatic rings. The van der Waals surface area contributed by atoms with Gasteiger partial charge in [0, 0.05) is 0 Å². The second-order valence-corrected chi connectivity index (χ2v) is 6.03. The maximum atomic E-state index is 12.2. The van der Waals surface area contributed by atoms with Crippen molar-refractivity contribution < 1.29 is 9.53 Å². The minimum absolute atomic E-state index is 0. The van der Waals surface area contributed by atoms with Crippen molar-refractivity contribution in [1.29, 1.82) is 0 Å². The first-order valence-electron chi connectivity index (χ1n) is 7.94. The molecule has 1 fully saturated rings. The molecule has 1 aromatic rings. The van der Waals surface area contributed by atoms with Gasteiger partial charge < -0.3 is 15.4 Å². The number of hydrogen-bond acceptors (Lipinski definition) is 4. The topological polar surface area (TPSA) is 53.6 Å². The lowest BCUT2D eigenvalue weighted by Crippen LogP contribution is -2.40. The largest absolute Gasteiger partial charge is 0.495 e. The van der Waals surface area contributed by atoms with E-state index in [4.69, 9.17) is 4.74 Å². The zero-order valence-electron chi connectivity index (χ0n) is 14.2. The third-order valence-corrected chi connectivity index (χ3v) is 4.20. The molecule has 0 unspecified atom stereocenters. The van der Waals surface area contributed by atoms with E-state index in [2.05, 4.69) is 15.5 Å². The highest BCUT2D eigenvalue weighted by atomic mass is 35.5. The number of nitrogens with zero attached hydrogens (tertiary/aromatic N) is 1. The highest BCUT2D eigenvalue weighted by molar-refractivity contribution is 5.93. The van der Waals surface area contributed by atoms with Crippen molar-refractivity contribution in [2.24, 2.45) is 5.92 Å². The highest BCUT2D eigenvalue weighted by Gasteiger charge is 2.20. The standard InChI is InChI=1S/C17H27N3O2.ClH/c1-13-4-5-16(22-3)15(10-13)19-17(21)12-20-8-6-14(7-9-20)11-18-2;/h4-5,10,14,18H,6-9,11-12H2,1-3H3,(H,19,21);1H. The number of carbonyl (C=O) groups excluding carboxylic acids is 1. The maximum Gasteiger partial charge on any atom is 0.238 e. The van der Waals surface area contributed by atoms with E-state index in [1.807, 2.05) is 32.2 Å². The number of amides is 1. The summed E-state index contributed by atoms with van der Waals surface area (Å²) in [7, 11) is 3.61. The third-order valence-electron chi connectivity index (χ3n) is 4.20. The number of rotatable bonds is 6. The van der Waals surface area contributed by atoms with Crippen LogP contribution in [-0.2, 0) is 4.79 Å². The Hall–Kier alpha value is -1.30. The van der Waals surface area contributed by atoms with Crippen LogP contribution in [0.1, 0.15) is 18.4 Å². The Morgan fingerprint density at radius 3 is 2.65 bits per heavy atom. The molecule has 0 aromatic heterocycles. The normalized spacial score (nSPS) is 15.8. The Morgan fingerprint density at radius 1 is 1.35 bits per heavy atom. The predicted octanol–water partition coefficient (Wildman–Crippen LogP) is 2.30. The van der Waals surface area contributed by atoms with Gasteiger partial charge in [-0.3, -0.25) is 9.69 Å². The minimum atomic E-state index is 0. The van der Waals surface area contributed by atoms with Crippen LogP contribution >= 0.6 is 12.4 Å². The van der Waals surface area contributed by atoms with E-state index in [9.17, 15) is 4.79 Å². The van der Waals surface area contributed by atoms with Crippen LogP contribution in [0.4, 0.5) is 5.69 Å². The molecular weight excluding hydrogens is 314 g/mol. The van der Waals surface area contributed by atoms with E-state index in [0.717, 1.165) is 49.6 Å². The Morgan fingerprint density at radius 2 is 2.04 bits per heavy atom. The summed E-state index contributed by atoms with van der Waals surface area (Å²) < 4.78 is 5.30. The minimum Gasteiger partial charge on any atom is -0.495 e. The van der Waals surface area contributed by atoms with Gasteiger partial charge in [0.1, 0.15) is 5.75 Å². The Labute approximate surface area is 145 Å². The summed E-state index contributed by atoms with van der Waals surface area (Å²) in [6, 6.07) is 5.80. The van der Waals surface area contributed by atoms with Crippen LogP contribution in [-0.4, -0.2) is 51.1 Å². The fourth-order valence-corrected chi connectivity index (χ4v) is 2.95. The lowest BCUT2D eigenvalue weighted by atomic mass is 9.97. The van der Waals surface area contributed by atoms with Crippen molar-refractivity contribution in [2.75, 3.05) is 45.7 Å². The van der Waals surface area contributed by atoms with Gasteiger partial charge in [-0.2, -0.15) is 0 Å². The van der Waals surface area contributed by atoms with Gasteiger partial charge in [-0.1, -0.05) is 6.07 Å². The number of anilines is 1. The molecule has 0 saturated carbocycles. The zero-order chi connectivity index (χ0) is 15.9. The molecule has 1 saturated heterocycles. The first-order chi connectivity index (χ1) is 10.6. The molecule has 6 heteroatoms. The molecule has 23 heavy (non-hydrogen) atoms. The first kappa shape index (κ1) is 19.7. The second kappa shape index (κ2) is 9.75. The molecule has 2 N–H and O–H groups in total. The van der Waals surface area contributed by atoms with E-state index in [1.165, 1.54) is 0 Å². The number of halogens is 1. The summed E-state index contributed by atoms with van der Waals surface area (Å²) in [6.45, 7) is 5.50. The van der Waals surface area contributed by atoms with Crippen LogP contribution in [0.5, 0.6) is 5.75 Å². The number of piperidine rings is 1. The zero-order valence-corrected chi connectivity index (χ0v) is 15.0. The molecule has 0 spiro atoms. The fraction of sp³-hybridized carbons (Fsp3) is 0.588. The number of aryl methyl sites for hydroxylation is 1. The van der Waals surface area contributed by atoms with Gasteiger partial charge in [-0.25, -0.2) is 0 Å². The molecule has 0 bridgehead atoms. The first-order valence-corrected chi connectivity index (χ1v) is 7.94. The summed E-state index contributed by atoms with van der Waals surface area (Å²) in [6.07, 6.45) is 2.31. The van der Waals surface area contributed by atoms with Gasteiger partial charge in [0.2, 0.25) is 5.91 Å². The summed E-state index contributed by atoms with van der Waals surface area (Å²) >= 11 is 0. The van der Waals surface area contributed by atoms with Crippen molar-refractivity contribution in [1.82, 2.24) is 10.2 Å². The van der Waals surface area contributed by atoms with E-state index in [1.54, 1.807) is 7.11 Å². The quantitative estimate of drug-likeness (QED) is 0.833. The Kier molecular flexibility index (Phi) is 8.37. The molecule has 1 aliphatic heterocycles. The van der Waals surface area contributed by atoms with Gasteiger partial charge in [-0.05, 0) is 70.1 Å². The SMILES string of the molecule is CNCC1CCN(CC(=O)Nc2cc(C)ccc2OC)CC1.Cl. The number of likely N-dealkylation sites (tertiary alicyclic amines) is 1. The van der Waals surface area contributed by atoms with E-state index >= 15 is 0 Å². The van der Waals surface area contributed by atoms with Crippen LogP contribution in [0.25, 0.3) is 0 Å². The smallest absolute Gasteiger partial charge is 0.238 e. The predicted molar refractivity (Wildman–Crippen MR) is 96.7 cm³/mol. The van der Waals surface area contributed by atoms with Gasteiger partial charge in [0.15, 0.2) is 0 Å². The molecule has 0 radical (unpaired) electrons. The molecule has 1 heterocycles. The number of ether oxygens (including phenoxy) is 1. The second-order valence-electron chi connectivity index (χ2n) is 6.03. The molecular formula is C17H28ClN3O2. The average Bonchev–Trinajstić information content (AvgIpc) is 2.50. The van der Waals surface area contributed by atoms with E-state index in [-0.39, 0.29) is 18.3 Å². The summed E-state index contributed by atoms with van der Waals surface area (Å²) in [4.78, 5) is 14.5. The van der Waals surface area contributed by atoms with E-state index in [0.29, 0.717) is 12.3 Å². The van der Waals surface area contributed by atoms with E-state index < -0.39 is 0 Å². The average molecular weight is 342 g/mol.